The molecule has 0 saturated heterocycles. The van der Waals surface area contributed by atoms with Crippen LogP contribution in [-0.2, 0) is 6.42 Å². The molecule has 0 saturated carbocycles. The van der Waals surface area contributed by atoms with Crippen molar-refractivity contribution < 1.29 is 212 Å². The SMILES string of the molecule is OC1=CC([C@H]2Oc3c([C@@H]4c5c(O)cc(O)c([C@H]6c7c(O)cc(O)c([C@@H]8c9c(O)cc(O)c([C@H]%10c%11c(O)cc(O)cc%11O[C@H](c%11cc(O)c(O)c(O)c%11)[C@@H]%10O)c9O[C@H](c9cc(O)c(O)c(O)c9)[C@@H]8O)c7O[C@H](c7cc(O)c(O)c(O)c7)[C@@H]6O)c5O[C@H](c5cc(O)c(O)c(O)c5)[C@@H]4O)c(O)cc(O)c3[C@H](c3c(O)cc(O)c4c3O[C@H](c3cc(O)c(O)c(O)c3)[C@H](O)C4)[C@H]2O)CC(O)=C1O. The second-order valence-electron chi connectivity index (χ2n) is 32.9. The summed E-state index contributed by atoms with van der Waals surface area (Å²) in [6.07, 6.45) is -28.0. The van der Waals surface area contributed by atoms with E-state index in [1.807, 2.05) is 0 Å². The Bertz CT molecular complexity index is 6700. The third-order valence-electron chi connectivity index (χ3n) is 25.2. The van der Waals surface area contributed by atoms with Gasteiger partial charge in [-0.3, -0.25) is 0 Å². The van der Waals surface area contributed by atoms with Crippen LogP contribution in [0.2, 0.25) is 0 Å². The predicted molar refractivity (Wildman–Crippen MR) is 437 cm³/mol. The maximum atomic E-state index is 13.7. The average molecular weight is 1830 g/mol. The number of hydrogen-bond acceptors (Lipinski definition) is 42. The molecule has 688 valence electrons. The Hall–Kier alpha value is -16.5. The van der Waals surface area contributed by atoms with Crippen LogP contribution in [0.3, 0.4) is 0 Å². The first-order chi connectivity index (χ1) is 62.3. The summed E-state index contributed by atoms with van der Waals surface area (Å²) in [5.74, 6) is -52.2. The van der Waals surface area contributed by atoms with Gasteiger partial charge in [0, 0.05) is 150 Å². The summed E-state index contributed by atoms with van der Waals surface area (Å²) < 4.78 is 39.3. The fourth-order valence-electron chi connectivity index (χ4n) is 19.4. The van der Waals surface area contributed by atoms with E-state index in [1.165, 1.54) is 0 Å². The molecule has 0 fully saturated rings. The molecule has 36 N–H and O–H groups in total. The minimum Gasteiger partial charge on any atom is -0.508 e. The smallest absolute Gasteiger partial charge is 0.200 e. The van der Waals surface area contributed by atoms with Gasteiger partial charge >= 0.3 is 0 Å². The van der Waals surface area contributed by atoms with Gasteiger partial charge in [0.25, 0.3) is 0 Å². The van der Waals surface area contributed by atoms with Gasteiger partial charge < -0.3 is 212 Å². The summed E-state index contributed by atoms with van der Waals surface area (Å²) in [4.78, 5) is 0. The lowest BCUT2D eigenvalue weighted by Gasteiger charge is -2.45. The number of benzene rings is 11. The molecule has 6 heterocycles. The highest BCUT2D eigenvalue weighted by molar-refractivity contribution is 5.77. The van der Waals surface area contributed by atoms with E-state index in [1.54, 1.807) is 0 Å². The Labute approximate surface area is 736 Å². The van der Waals surface area contributed by atoms with Crippen LogP contribution < -0.4 is 28.4 Å². The molecule has 0 spiro atoms. The van der Waals surface area contributed by atoms with E-state index in [0.29, 0.717) is 66.7 Å². The van der Waals surface area contributed by atoms with Crippen LogP contribution in [0.1, 0.15) is 156 Å². The van der Waals surface area contributed by atoms with Crippen molar-refractivity contribution in [1.82, 2.24) is 0 Å². The van der Waals surface area contributed by atoms with E-state index in [2.05, 4.69) is 0 Å². The van der Waals surface area contributed by atoms with E-state index < -0.39 is 401 Å². The van der Waals surface area contributed by atoms with Gasteiger partial charge in [-0.25, -0.2) is 0 Å². The van der Waals surface area contributed by atoms with Gasteiger partial charge in [0.15, 0.2) is 128 Å². The van der Waals surface area contributed by atoms with Gasteiger partial charge in [-0.15, -0.1) is 0 Å². The van der Waals surface area contributed by atoms with Crippen LogP contribution in [0.25, 0.3) is 0 Å². The zero-order chi connectivity index (χ0) is 94.8. The van der Waals surface area contributed by atoms with E-state index in [0.717, 1.165) is 42.5 Å². The Morgan fingerprint density at radius 3 is 0.780 bits per heavy atom. The number of fused-ring (bicyclic) bond motifs is 6. The lowest BCUT2D eigenvalue weighted by Crippen LogP contribution is -2.47. The van der Waals surface area contributed by atoms with Crippen molar-refractivity contribution >= 4 is 0 Å². The van der Waals surface area contributed by atoms with Crippen molar-refractivity contribution in [3.05, 3.63) is 215 Å². The molecule has 11 aromatic rings. The van der Waals surface area contributed by atoms with E-state index >= 15 is 0 Å². The fraction of sp³-hybridized carbons (Fsp3) is 0.222. The van der Waals surface area contributed by atoms with Gasteiger partial charge in [0.05, 0.1) is 35.7 Å². The number of aromatic hydroxyl groups is 27. The molecule has 0 radical (unpaired) electrons. The van der Waals surface area contributed by atoms with Crippen molar-refractivity contribution in [2.75, 3.05) is 0 Å². The van der Waals surface area contributed by atoms with E-state index in [-0.39, 0.29) is 16.7 Å². The first-order valence-electron chi connectivity index (χ1n) is 39.7. The third kappa shape index (κ3) is 13.1. The summed E-state index contributed by atoms with van der Waals surface area (Å²) in [6, 6.07) is 11.8. The fourth-order valence-corrected chi connectivity index (χ4v) is 19.4. The minimum atomic E-state index is -2.67. The Morgan fingerprint density at radius 1 is 0.220 bits per heavy atom. The summed E-state index contributed by atoms with van der Waals surface area (Å²) in [5.41, 5.74) is -11.6. The molecule has 6 aliphatic heterocycles. The molecule has 0 aromatic heterocycles. The highest BCUT2D eigenvalue weighted by Gasteiger charge is 2.58. The van der Waals surface area contributed by atoms with Crippen molar-refractivity contribution in [2.45, 2.75) is 116 Å². The summed E-state index contributed by atoms with van der Waals surface area (Å²) in [7, 11) is 0. The van der Waals surface area contributed by atoms with Gasteiger partial charge in [-0.1, -0.05) is 0 Å². The van der Waals surface area contributed by atoms with Crippen LogP contribution in [0.4, 0.5) is 0 Å². The Kier molecular flexibility index (Phi) is 20.0. The number of phenols is 27. The zero-order valence-corrected chi connectivity index (χ0v) is 66.7. The molecule has 7 aliphatic rings. The molecule has 42 nitrogen and oxygen atoms in total. The number of aliphatic hydroxyl groups is 9. The van der Waals surface area contributed by atoms with Gasteiger partial charge in [0.1, 0.15) is 146 Å². The molecule has 18 rings (SSSR count). The Morgan fingerprint density at radius 2 is 0.470 bits per heavy atom. The highest BCUT2D eigenvalue weighted by Crippen LogP contribution is 2.69. The topological polar surface area (TPSA) is 784 Å². The van der Waals surface area contributed by atoms with Crippen LogP contribution in [0.15, 0.2) is 126 Å². The molecule has 0 amide bonds. The quantitative estimate of drug-likeness (QED) is 0.0564. The molecule has 1 unspecified atom stereocenters. The summed E-state index contributed by atoms with van der Waals surface area (Å²) in [5, 5.41) is 427. The normalized spacial score (nSPS) is 25.1. The predicted octanol–water partition coefficient (Wildman–Crippen LogP) is 7.32. The lowest BCUT2D eigenvalue weighted by molar-refractivity contribution is -0.0232. The molecule has 11 aromatic carbocycles. The lowest BCUT2D eigenvalue weighted by atomic mass is 9.70. The van der Waals surface area contributed by atoms with Crippen LogP contribution in [-0.4, -0.2) is 227 Å². The molecule has 0 bridgehead atoms. The number of allylic oxidation sites excluding steroid dienone is 1. The highest BCUT2D eigenvalue weighted by atomic mass is 16.5. The molecule has 18 atom stereocenters. The van der Waals surface area contributed by atoms with Gasteiger partial charge in [-0.05, 0) is 66.7 Å². The first-order valence-corrected chi connectivity index (χ1v) is 39.7. The molecular formula is C90H76O42. The van der Waals surface area contributed by atoms with Crippen molar-refractivity contribution in [1.29, 1.82) is 0 Å². The zero-order valence-electron chi connectivity index (χ0n) is 66.7. The van der Waals surface area contributed by atoms with Crippen LogP contribution in [0.5, 0.6) is 190 Å². The number of aliphatic hydroxyl groups excluding tert-OH is 9. The average Bonchev–Trinajstić information content (AvgIpc) is 0.699. The van der Waals surface area contributed by atoms with Crippen LogP contribution >= 0.6 is 0 Å². The second-order valence-corrected chi connectivity index (χ2v) is 32.9. The van der Waals surface area contributed by atoms with Crippen molar-refractivity contribution in [3.63, 3.8) is 0 Å². The maximum Gasteiger partial charge on any atom is 0.200 e. The molecule has 132 heavy (non-hydrogen) atoms. The third-order valence-corrected chi connectivity index (χ3v) is 25.2. The van der Waals surface area contributed by atoms with Crippen molar-refractivity contribution in [3.8, 4) is 190 Å². The molecule has 1 aliphatic carbocycles. The van der Waals surface area contributed by atoms with Crippen LogP contribution in [0, 0.1) is 5.92 Å². The Balaban J connectivity index is 0.907. The first kappa shape index (κ1) is 86.2. The van der Waals surface area contributed by atoms with E-state index in [9.17, 15) is 184 Å². The van der Waals surface area contributed by atoms with E-state index in [4.69, 9.17) is 28.4 Å². The number of phenolic OH excluding ortho intramolecular Hbond substituents is 27. The maximum absolute atomic E-state index is 13.7. The number of rotatable bonds is 11. The summed E-state index contributed by atoms with van der Waals surface area (Å²) in [6.45, 7) is 0. The number of hydrogen-bond donors (Lipinski definition) is 36. The molecule has 42 heteroatoms. The van der Waals surface area contributed by atoms with Crippen molar-refractivity contribution in [2.24, 2.45) is 5.92 Å². The number of ether oxygens (including phenoxy) is 6. The second kappa shape index (κ2) is 30.6. The van der Waals surface area contributed by atoms with Gasteiger partial charge in [-0.2, -0.15) is 0 Å². The standard InChI is InChI=1S/C90H76O42/c91-27-13-30(93)54-53(14-27)127-81(22-3-42(105)70(117)43(106)4-22)75(122)64(54)56-32(95)17-34(97)58-66(77(124)83(129-87(56)58)24-7-46(109)72(119)47(110)8-24)60-36(99)19-38(101)62-68(79(126)85(131-89(60)62)26-11-50(113)74(121)51(114)12-26)63-39(102)20-37(100)61-67(78(125)84(132-90(61)63)25-9-48(111)73(120)49(112)10-25)59-35(98)18-33(96)57-65(76(123)82(130-88(57)59)23-5-44(107)71(118)45(108)6-23)55-31(94)16-29(92)28-15-52(115)80(128-86(28)55)21-1-40(103)69(116)41(104)2-21/h1-5,7-14,16-20,23,52,64-68,75-85,91-126H,6,15H2/t23?,52-,64-,65+,66+,67-,68-,75-,76-,77-,78-,79-,80-,81-,82-,83-,84-,85-/m1/s1. The largest absolute Gasteiger partial charge is 0.508 e. The van der Waals surface area contributed by atoms with Gasteiger partial charge in [0.2, 0.25) is 0 Å². The molecular weight excluding hydrogens is 1750 g/mol. The monoisotopic (exact) mass is 1830 g/mol. The minimum absolute atomic E-state index is 0.294. The summed E-state index contributed by atoms with van der Waals surface area (Å²) >= 11 is 0.